The van der Waals surface area contributed by atoms with Crippen LogP contribution in [0.25, 0.3) is 0 Å². The van der Waals surface area contributed by atoms with Gasteiger partial charge in [0.2, 0.25) is 0 Å². The molecule has 0 amide bonds. The van der Waals surface area contributed by atoms with E-state index in [1.165, 1.54) is 0 Å². The van der Waals surface area contributed by atoms with E-state index in [9.17, 15) is 0 Å². The van der Waals surface area contributed by atoms with Gasteiger partial charge in [-0.2, -0.15) is 0 Å². The molecule has 0 atom stereocenters. The Morgan fingerprint density at radius 1 is 1.21 bits per heavy atom. The smallest absolute Gasteiger partial charge is 0.132 e. The number of anilines is 2. The lowest BCUT2D eigenvalue weighted by Gasteiger charge is -2.30. The van der Waals surface area contributed by atoms with Gasteiger partial charge in [-0.05, 0) is 27.7 Å². The highest BCUT2D eigenvalue weighted by molar-refractivity contribution is 5.44. The van der Waals surface area contributed by atoms with Crippen LogP contribution in [0.2, 0.25) is 0 Å². The highest BCUT2D eigenvalue weighted by atomic mass is 15.2. The first-order valence-electron chi connectivity index (χ1n) is 7.07. The largest absolute Gasteiger partial charge is 0.384 e. The third kappa shape index (κ3) is 5.03. The van der Waals surface area contributed by atoms with Gasteiger partial charge < -0.3 is 11.1 Å². The summed E-state index contributed by atoms with van der Waals surface area (Å²) in [5.41, 5.74) is 5.76. The Hall–Kier alpha value is -1.36. The molecular formula is C14H27N5. The van der Waals surface area contributed by atoms with Crippen LogP contribution >= 0.6 is 0 Å². The molecule has 0 saturated carbocycles. The van der Waals surface area contributed by atoms with Crippen molar-refractivity contribution in [2.45, 2.75) is 53.1 Å². The van der Waals surface area contributed by atoms with E-state index in [1.54, 1.807) is 6.07 Å². The Morgan fingerprint density at radius 3 is 2.37 bits per heavy atom. The minimum Gasteiger partial charge on any atom is -0.384 e. The summed E-state index contributed by atoms with van der Waals surface area (Å²) < 4.78 is 0. The van der Waals surface area contributed by atoms with Crippen molar-refractivity contribution in [2.75, 3.05) is 24.1 Å². The second-order valence-corrected chi connectivity index (χ2v) is 5.30. The van der Waals surface area contributed by atoms with E-state index in [-0.39, 0.29) is 0 Å². The van der Waals surface area contributed by atoms with E-state index in [0.29, 0.717) is 17.9 Å². The number of rotatable bonds is 7. The van der Waals surface area contributed by atoms with Crippen LogP contribution in [0.15, 0.2) is 6.07 Å². The molecule has 0 aliphatic heterocycles. The SMILES string of the molecule is CCc1nc(N)cc(NCCN(C(C)C)C(C)C)n1. The first-order chi connectivity index (χ1) is 8.93. The minimum absolute atomic E-state index is 0.527. The number of nitrogen functional groups attached to an aromatic ring is 1. The number of nitrogens with two attached hydrogens (primary N) is 1. The average Bonchev–Trinajstić information content (AvgIpc) is 2.32. The van der Waals surface area contributed by atoms with Gasteiger partial charge in [0, 0.05) is 37.7 Å². The summed E-state index contributed by atoms with van der Waals surface area (Å²) in [6, 6.07) is 2.88. The van der Waals surface area contributed by atoms with Crippen molar-refractivity contribution in [3.63, 3.8) is 0 Å². The summed E-state index contributed by atoms with van der Waals surface area (Å²) in [6.45, 7) is 12.7. The number of aromatic nitrogens is 2. The van der Waals surface area contributed by atoms with E-state index in [2.05, 4.69) is 47.9 Å². The van der Waals surface area contributed by atoms with Gasteiger partial charge in [0.15, 0.2) is 0 Å². The zero-order valence-electron chi connectivity index (χ0n) is 12.8. The molecule has 0 spiro atoms. The number of nitrogens with zero attached hydrogens (tertiary/aromatic N) is 3. The van der Waals surface area contributed by atoms with E-state index in [4.69, 9.17) is 5.73 Å². The predicted octanol–water partition coefficient (Wildman–Crippen LogP) is 2.15. The van der Waals surface area contributed by atoms with Crippen LogP contribution in [-0.4, -0.2) is 40.0 Å². The predicted molar refractivity (Wildman–Crippen MR) is 81.3 cm³/mol. The van der Waals surface area contributed by atoms with Gasteiger partial charge in [0.1, 0.15) is 17.5 Å². The third-order valence-corrected chi connectivity index (χ3v) is 3.11. The molecule has 0 aliphatic carbocycles. The van der Waals surface area contributed by atoms with Gasteiger partial charge >= 0.3 is 0 Å². The van der Waals surface area contributed by atoms with Gasteiger partial charge in [-0.3, -0.25) is 4.90 Å². The number of nitrogens with one attached hydrogen (secondary N) is 1. The molecule has 1 aromatic rings. The quantitative estimate of drug-likeness (QED) is 0.790. The first kappa shape index (κ1) is 15.7. The fourth-order valence-corrected chi connectivity index (χ4v) is 2.19. The van der Waals surface area contributed by atoms with Crippen LogP contribution in [0.4, 0.5) is 11.6 Å². The molecule has 0 radical (unpaired) electrons. The standard InChI is InChI=1S/C14H27N5/c1-6-13-17-12(15)9-14(18-13)16-7-8-19(10(2)3)11(4)5/h9-11H,6-8H2,1-5H3,(H3,15,16,17,18). The van der Waals surface area contributed by atoms with Gasteiger partial charge in [0.05, 0.1) is 0 Å². The maximum atomic E-state index is 5.76. The Kier molecular flexibility index (Phi) is 6.02. The Bertz CT molecular complexity index is 381. The lowest BCUT2D eigenvalue weighted by molar-refractivity contribution is 0.182. The van der Waals surface area contributed by atoms with Crippen molar-refractivity contribution in [3.8, 4) is 0 Å². The zero-order chi connectivity index (χ0) is 14.4. The molecule has 0 aromatic carbocycles. The second-order valence-electron chi connectivity index (χ2n) is 5.30. The first-order valence-corrected chi connectivity index (χ1v) is 7.07. The monoisotopic (exact) mass is 265 g/mol. The Labute approximate surface area is 116 Å². The summed E-state index contributed by atoms with van der Waals surface area (Å²) >= 11 is 0. The lowest BCUT2D eigenvalue weighted by atomic mass is 10.2. The molecule has 1 aromatic heterocycles. The number of hydrogen-bond donors (Lipinski definition) is 2. The normalized spacial score (nSPS) is 11.6. The summed E-state index contributed by atoms with van der Waals surface area (Å²) in [7, 11) is 0. The van der Waals surface area contributed by atoms with Crippen LogP contribution in [0.1, 0.15) is 40.4 Å². The van der Waals surface area contributed by atoms with Gasteiger partial charge in [-0.25, -0.2) is 9.97 Å². The molecule has 0 fully saturated rings. The topological polar surface area (TPSA) is 67.1 Å². The van der Waals surface area contributed by atoms with Gasteiger partial charge in [-0.15, -0.1) is 0 Å². The van der Waals surface area contributed by atoms with Crippen molar-refractivity contribution in [1.29, 1.82) is 0 Å². The maximum absolute atomic E-state index is 5.76. The summed E-state index contributed by atoms with van der Waals surface area (Å²) in [5.74, 6) is 2.13. The molecule has 0 saturated heterocycles. The van der Waals surface area contributed by atoms with Crippen molar-refractivity contribution >= 4 is 11.6 Å². The van der Waals surface area contributed by atoms with Crippen LogP contribution in [0, 0.1) is 0 Å². The molecule has 19 heavy (non-hydrogen) atoms. The van der Waals surface area contributed by atoms with Crippen molar-refractivity contribution in [2.24, 2.45) is 0 Å². The second kappa shape index (κ2) is 7.28. The minimum atomic E-state index is 0.527. The van der Waals surface area contributed by atoms with Gasteiger partial charge in [-0.1, -0.05) is 6.92 Å². The van der Waals surface area contributed by atoms with Crippen LogP contribution < -0.4 is 11.1 Å². The molecule has 108 valence electrons. The average molecular weight is 265 g/mol. The summed E-state index contributed by atoms with van der Waals surface area (Å²) in [6.07, 6.45) is 0.795. The van der Waals surface area contributed by atoms with Crippen molar-refractivity contribution in [1.82, 2.24) is 14.9 Å². The highest BCUT2D eigenvalue weighted by Crippen LogP contribution is 2.09. The van der Waals surface area contributed by atoms with E-state index < -0.39 is 0 Å². The zero-order valence-corrected chi connectivity index (χ0v) is 12.8. The third-order valence-electron chi connectivity index (χ3n) is 3.11. The molecule has 3 N–H and O–H groups in total. The van der Waals surface area contributed by atoms with Crippen LogP contribution in [-0.2, 0) is 6.42 Å². The summed E-state index contributed by atoms with van der Waals surface area (Å²) in [4.78, 5) is 11.0. The number of hydrogen-bond acceptors (Lipinski definition) is 5. The highest BCUT2D eigenvalue weighted by Gasteiger charge is 2.12. The Morgan fingerprint density at radius 2 is 1.84 bits per heavy atom. The Balaban J connectivity index is 2.55. The molecule has 5 nitrogen and oxygen atoms in total. The van der Waals surface area contributed by atoms with Crippen LogP contribution in [0.5, 0.6) is 0 Å². The van der Waals surface area contributed by atoms with Gasteiger partial charge in [0.25, 0.3) is 0 Å². The molecule has 1 heterocycles. The molecule has 0 unspecified atom stereocenters. The van der Waals surface area contributed by atoms with Crippen molar-refractivity contribution in [3.05, 3.63) is 11.9 Å². The van der Waals surface area contributed by atoms with Crippen molar-refractivity contribution < 1.29 is 0 Å². The molecule has 1 rings (SSSR count). The molecule has 5 heteroatoms. The van der Waals surface area contributed by atoms with E-state index in [0.717, 1.165) is 31.2 Å². The van der Waals surface area contributed by atoms with E-state index >= 15 is 0 Å². The lowest BCUT2D eigenvalue weighted by Crippen LogP contribution is -2.40. The molecule has 0 bridgehead atoms. The summed E-state index contributed by atoms with van der Waals surface area (Å²) in [5, 5.41) is 3.33. The molecule has 0 aliphatic rings. The fourth-order valence-electron chi connectivity index (χ4n) is 2.19. The number of aryl methyl sites for hydroxylation is 1. The fraction of sp³-hybridized carbons (Fsp3) is 0.714. The van der Waals surface area contributed by atoms with Crippen LogP contribution in [0.3, 0.4) is 0 Å². The maximum Gasteiger partial charge on any atom is 0.132 e. The molecular weight excluding hydrogens is 238 g/mol. The van der Waals surface area contributed by atoms with E-state index in [1.807, 2.05) is 6.92 Å².